The highest BCUT2D eigenvalue weighted by molar-refractivity contribution is 7.92. The number of alkyl halides is 3. The Morgan fingerprint density at radius 3 is 2.13 bits per heavy atom. The second-order valence-corrected chi connectivity index (χ2v) is 20.1. The van der Waals surface area contributed by atoms with Crippen LogP contribution in [0, 0.1) is 51.8 Å². The molecule has 0 saturated heterocycles. The van der Waals surface area contributed by atoms with Crippen molar-refractivity contribution >= 4 is 15.6 Å². The highest BCUT2D eigenvalue weighted by Gasteiger charge is 2.67. The number of carbonyl (C=O) groups is 1. The molecule has 0 amide bonds. The smallest absolute Gasteiger partial charge is 0.390 e. The largest absolute Gasteiger partial charge is 0.417 e. The summed E-state index contributed by atoms with van der Waals surface area (Å²) in [6.07, 6.45) is 0.895. The van der Waals surface area contributed by atoms with Crippen LogP contribution in [0.1, 0.15) is 118 Å². The number of Topliss-reactive ketones (excluding diaryl/α,β-unsaturated/α-hetero) is 1. The maximum Gasteiger partial charge on any atom is 0.417 e. The Bertz CT molecular complexity index is 1450. The van der Waals surface area contributed by atoms with Crippen molar-refractivity contribution in [2.24, 2.45) is 51.8 Å². The Labute approximate surface area is 279 Å². The van der Waals surface area contributed by atoms with Gasteiger partial charge in [0.25, 0.3) is 0 Å². The first-order valence-corrected chi connectivity index (χ1v) is 19.5. The lowest BCUT2D eigenvalue weighted by molar-refractivity contribution is -0.288. The predicted molar refractivity (Wildman–Crippen MR) is 175 cm³/mol. The van der Waals surface area contributed by atoms with Crippen LogP contribution in [0.5, 0.6) is 0 Å². The van der Waals surface area contributed by atoms with Gasteiger partial charge in [-0.15, -0.1) is 0 Å². The van der Waals surface area contributed by atoms with E-state index in [0.29, 0.717) is 32.1 Å². The minimum Gasteiger partial charge on any atom is -0.390 e. The van der Waals surface area contributed by atoms with Gasteiger partial charge in [0.2, 0.25) is 0 Å². The molecule has 5 saturated carbocycles. The zero-order valence-electron chi connectivity index (χ0n) is 28.8. The van der Waals surface area contributed by atoms with Gasteiger partial charge in [-0.2, -0.15) is 13.2 Å². The molecule has 1 aromatic rings. The number of fused-ring (bicyclic) bond motifs is 5. The molecule has 0 spiro atoms. The second-order valence-electron chi connectivity index (χ2n) is 17.9. The highest BCUT2D eigenvalue weighted by Crippen LogP contribution is 2.69. The molecule has 1 unspecified atom stereocenters. The first-order chi connectivity index (χ1) is 21.7. The number of halogens is 3. The summed E-state index contributed by atoms with van der Waals surface area (Å²) in [6, 6.07) is 8.54. The number of carbonyl (C=O) groups excluding carboxylic acids is 1. The number of hydrogen-bond donors (Lipinski definition) is 2. The first kappa shape index (κ1) is 35.4. The van der Waals surface area contributed by atoms with Crippen molar-refractivity contribution in [2.75, 3.05) is 0 Å². The highest BCUT2D eigenvalue weighted by atomic mass is 32.2. The Morgan fingerprint density at radius 1 is 0.872 bits per heavy atom. The fourth-order valence-electron chi connectivity index (χ4n) is 11.8. The molecule has 0 radical (unpaired) electrons. The van der Waals surface area contributed by atoms with Crippen LogP contribution in [0.25, 0.3) is 0 Å². The van der Waals surface area contributed by atoms with Gasteiger partial charge in [0.1, 0.15) is 5.78 Å². The number of hydrogen-bond acceptors (Lipinski definition) is 5. The van der Waals surface area contributed by atoms with Crippen LogP contribution in [0.15, 0.2) is 35.2 Å². The van der Waals surface area contributed by atoms with E-state index in [9.17, 15) is 36.6 Å². The molecule has 47 heavy (non-hydrogen) atoms. The Morgan fingerprint density at radius 2 is 1.51 bits per heavy atom. The molecule has 264 valence electrons. The van der Waals surface area contributed by atoms with Crippen molar-refractivity contribution in [3.63, 3.8) is 0 Å². The van der Waals surface area contributed by atoms with Crippen molar-refractivity contribution < 1.29 is 36.6 Å². The molecule has 0 aromatic heterocycles. The van der Waals surface area contributed by atoms with Gasteiger partial charge in [0.05, 0.1) is 15.7 Å². The molecule has 0 heterocycles. The Hall–Kier alpha value is -1.45. The normalized spacial score (nSPS) is 41.3. The number of benzene rings is 1. The Kier molecular flexibility index (Phi) is 8.69. The monoisotopic (exact) mass is 680 g/mol. The third kappa shape index (κ3) is 5.84. The van der Waals surface area contributed by atoms with Gasteiger partial charge in [-0.3, -0.25) is 4.79 Å². The van der Waals surface area contributed by atoms with Crippen LogP contribution in [0.3, 0.4) is 0 Å². The van der Waals surface area contributed by atoms with Crippen LogP contribution >= 0.6 is 0 Å². The van der Waals surface area contributed by atoms with Crippen LogP contribution < -0.4 is 0 Å². The molecule has 9 heteroatoms. The summed E-state index contributed by atoms with van der Waals surface area (Å²) in [7, 11) is -3.81. The lowest BCUT2D eigenvalue weighted by atomic mass is 9.43. The molecule has 0 aliphatic heterocycles. The van der Waals surface area contributed by atoms with Crippen molar-refractivity contribution in [3.8, 4) is 0 Å². The average molecular weight is 681 g/mol. The third-order valence-corrected chi connectivity index (χ3v) is 17.1. The molecule has 1 aromatic carbocycles. The zero-order chi connectivity index (χ0) is 34.4. The quantitative estimate of drug-likeness (QED) is 0.315. The van der Waals surface area contributed by atoms with Gasteiger partial charge in [-0.1, -0.05) is 52.8 Å². The fourth-order valence-corrected chi connectivity index (χ4v) is 14.0. The molecule has 5 fully saturated rings. The molecule has 10 atom stereocenters. The lowest BCUT2D eigenvalue weighted by Crippen LogP contribution is -2.61. The minimum absolute atomic E-state index is 0.0447. The van der Waals surface area contributed by atoms with Gasteiger partial charge in [0, 0.05) is 12.3 Å². The van der Waals surface area contributed by atoms with Crippen molar-refractivity contribution in [3.05, 3.63) is 30.3 Å². The molecular formula is C38H55F3O5S. The van der Waals surface area contributed by atoms with E-state index in [1.54, 1.807) is 30.3 Å². The standard InChI is InChI=1S/C38H55F3O5S/c1-24(31(47(45,46)26-9-7-6-8-10-26)23-36(43)18-15-33(2,3)16-19-36)28-13-14-29-27-12-11-25-21-37(44,38(39,40)41)20-17-34(25,4)32(27)30(42)22-35(28,29)5/h6-10,24-25,27-29,31-32,43-44H,11-23H2,1-5H3/t24-,25+,27-,28+,29-,31?,32+,34-,35+,37-/m0/s1. The topological polar surface area (TPSA) is 91.7 Å². The predicted octanol–water partition coefficient (Wildman–Crippen LogP) is 8.32. The van der Waals surface area contributed by atoms with Crippen LogP contribution in [-0.4, -0.2) is 47.0 Å². The molecule has 5 aliphatic carbocycles. The van der Waals surface area contributed by atoms with E-state index >= 15 is 0 Å². The molecule has 6 rings (SSSR count). The van der Waals surface area contributed by atoms with Gasteiger partial charge in [0.15, 0.2) is 15.4 Å². The third-order valence-electron chi connectivity index (χ3n) is 14.8. The second kappa shape index (κ2) is 11.5. The fraction of sp³-hybridized carbons (Fsp3) is 0.816. The summed E-state index contributed by atoms with van der Waals surface area (Å²) in [4.78, 5) is 14.6. The summed E-state index contributed by atoms with van der Waals surface area (Å²) < 4.78 is 70.5. The van der Waals surface area contributed by atoms with Crippen LogP contribution in [0.4, 0.5) is 13.2 Å². The number of rotatable bonds is 6. The summed E-state index contributed by atoms with van der Waals surface area (Å²) in [5, 5.41) is 21.7. The van der Waals surface area contributed by atoms with E-state index in [4.69, 9.17) is 0 Å². The first-order valence-electron chi connectivity index (χ1n) is 18.0. The maximum absolute atomic E-state index is 14.5. The van der Waals surface area contributed by atoms with E-state index in [1.165, 1.54) is 0 Å². The van der Waals surface area contributed by atoms with Gasteiger partial charge < -0.3 is 10.2 Å². The van der Waals surface area contributed by atoms with E-state index < -0.39 is 43.3 Å². The summed E-state index contributed by atoms with van der Waals surface area (Å²) in [6.45, 7) is 10.6. The molecule has 5 nitrogen and oxygen atoms in total. The Balaban J connectivity index is 1.29. The molecule has 5 aliphatic rings. The molecule has 2 N–H and O–H groups in total. The van der Waals surface area contributed by atoms with E-state index in [-0.39, 0.29) is 77.3 Å². The number of aliphatic hydroxyl groups is 2. The summed E-state index contributed by atoms with van der Waals surface area (Å²) >= 11 is 0. The maximum atomic E-state index is 14.5. The number of sulfone groups is 1. The van der Waals surface area contributed by atoms with Gasteiger partial charge in [-0.05, 0) is 135 Å². The average Bonchev–Trinajstić information content (AvgIpc) is 3.34. The molecular weight excluding hydrogens is 625 g/mol. The van der Waals surface area contributed by atoms with Crippen LogP contribution in [0.2, 0.25) is 0 Å². The minimum atomic E-state index is -4.69. The number of ketones is 1. The van der Waals surface area contributed by atoms with Crippen LogP contribution in [-0.2, 0) is 14.6 Å². The van der Waals surface area contributed by atoms with Gasteiger partial charge in [-0.25, -0.2) is 8.42 Å². The molecule has 0 bridgehead atoms. The van der Waals surface area contributed by atoms with Gasteiger partial charge >= 0.3 is 6.18 Å². The zero-order valence-corrected chi connectivity index (χ0v) is 29.6. The van der Waals surface area contributed by atoms with E-state index in [1.807, 2.05) is 13.8 Å². The summed E-state index contributed by atoms with van der Waals surface area (Å²) in [5.74, 6) is -0.716. The van der Waals surface area contributed by atoms with Crippen molar-refractivity contribution in [2.45, 2.75) is 146 Å². The lowest BCUT2D eigenvalue weighted by Gasteiger charge is -2.61. The van der Waals surface area contributed by atoms with E-state index in [2.05, 4.69) is 20.8 Å². The summed E-state index contributed by atoms with van der Waals surface area (Å²) in [5.41, 5.74) is -4.67. The van der Waals surface area contributed by atoms with E-state index in [0.717, 1.165) is 25.7 Å². The van der Waals surface area contributed by atoms with Crippen molar-refractivity contribution in [1.82, 2.24) is 0 Å². The SMILES string of the molecule is C[C@H](C(CC1(O)CCC(C)(C)CC1)S(=O)(=O)c1ccccc1)[C@H]1CC[C@H]2[C@@H]3CC[C@@H]4C[C@](O)(C(F)(F)F)CC[C@]4(C)[C@H]3C(=O)C[C@]12C. The van der Waals surface area contributed by atoms with Crippen molar-refractivity contribution in [1.29, 1.82) is 0 Å².